The molecule has 26 heavy (non-hydrogen) atoms. The van der Waals surface area contributed by atoms with Gasteiger partial charge in [-0.05, 0) is 62.8 Å². The van der Waals surface area contributed by atoms with Crippen molar-refractivity contribution in [3.8, 4) is 5.69 Å². The van der Waals surface area contributed by atoms with Gasteiger partial charge in [-0.3, -0.25) is 4.79 Å². The Balaban J connectivity index is 0.00000196. The third-order valence-corrected chi connectivity index (χ3v) is 5.15. The molecule has 1 N–H and O–H groups in total. The molecule has 140 valence electrons. The molecule has 0 radical (unpaired) electrons. The minimum absolute atomic E-state index is 0. The quantitative estimate of drug-likeness (QED) is 0.872. The van der Waals surface area contributed by atoms with E-state index in [0.29, 0.717) is 11.7 Å². The van der Waals surface area contributed by atoms with Crippen LogP contribution in [0.1, 0.15) is 41.7 Å². The first kappa shape index (κ1) is 18.9. The number of aryl methyl sites for hydroxylation is 1. The van der Waals surface area contributed by atoms with E-state index in [-0.39, 0.29) is 18.3 Å². The zero-order chi connectivity index (χ0) is 17.2. The van der Waals surface area contributed by atoms with Crippen LogP contribution >= 0.6 is 12.4 Å². The van der Waals surface area contributed by atoms with Crippen molar-refractivity contribution in [3.05, 3.63) is 41.7 Å². The van der Waals surface area contributed by atoms with E-state index in [9.17, 15) is 4.79 Å². The molecule has 1 aromatic carbocycles. The lowest BCUT2D eigenvalue weighted by atomic mass is 10.0. The Morgan fingerprint density at radius 3 is 2.69 bits per heavy atom. The maximum Gasteiger partial charge on any atom is 0.276 e. The number of aromatic nitrogens is 3. The number of nitrogens with zero attached hydrogens (tertiary/aromatic N) is 4. The Hall–Kier alpha value is -1.92. The number of benzene rings is 1. The minimum Gasteiger partial charge on any atom is -0.337 e. The van der Waals surface area contributed by atoms with E-state index in [1.807, 2.05) is 36.1 Å². The highest BCUT2D eigenvalue weighted by molar-refractivity contribution is 5.92. The molecule has 4 rings (SSSR count). The first-order valence-corrected chi connectivity index (χ1v) is 9.21. The molecule has 1 saturated carbocycles. The molecule has 1 saturated heterocycles. The van der Waals surface area contributed by atoms with Crippen LogP contribution in [0.2, 0.25) is 0 Å². The Labute approximate surface area is 160 Å². The maximum atomic E-state index is 12.7. The number of carbonyl (C=O) groups is 1. The Morgan fingerprint density at radius 1 is 1.23 bits per heavy atom. The molecular formula is C19H26ClN5O. The largest absolute Gasteiger partial charge is 0.337 e. The number of nitrogens with one attached hydrogen (secondary N) is 1. The normalized spacial score (nSPS) is 17.8. The topological polar surface area (TPSA) is 63.1 Å². The fraction of sp³-hybridized carbons (Fsp3) is 0.526. The van der Waals surface area contributed by atoms with Crippen LogP contribution in [0.15, 0.2) is 30.5 Å². The van der Waals surface area contributed by atoms with Crippen molar-refractivity contribution in [2.24, 2.45) is 5.92 Å². The first-order valence-electron chi connectivity index (χ1n) is 9.21. The second-order valence-corrected chi connectivity index (χ2v) is 7.31. The number of hydrogen-bond donors (Lipinski definition) is 1. The van der Waals surface area contributed by atoms with Crippen LogP contribution in [0.4, 0.5) is 0 Å². The van der Waals surface area contributed by atoms with Gasteiger partial charge < -0.3 is 10.2 Å². The highest BCUT2D eigenvalue weighted by Gasteiger charge is 2.27. The van der Waals surface area contributed by atoms with Crippen molar-refractivity contribution in [2.75, 3.05) is 19.6 Å². The molecule has 2 heterocycles. The number of amides is 1. The zero-order valence-electron chi connectivity index (χ0n) is 15.1. The Bertz CT molecular complexity index is 750. The van der Waals surface area contributed by atoms with Gasteiger partial charge in [-0.1, -0.05) is 17.3 Å². The van der Waals surface area contributed by atoms with Crippen molar-refractivity contribution in [1.82, 2.24) is 25.2 Å². The van der Waals surface area contributed by atoms with E-state index in [1.54, 1.807) is 10.9 Å². The van der Waals surface area contributed by atoms with E-state index >= 15 is 0 Å². The monoisotopic (exact) mass is 375 g/mol. The average Bonchev–Trinajstić information content (AvgIpc) is 3.33. The molecule has 1 amide bonds. The van der Waals surface area contributed by atoms with Gasteiger partial charge in [0.15, 0.2) is 5.69 Å². The van der Waals surface area contributed by atoms with Crippen molar-refractivity contribution >= 4 is 18.3 Å². The Morgan fingerprint density at radius 2 is 2.00 bits per heavy atom. The summed E-state index contributed by atoms with van der Waals surface area (Å²) in [4.78, 5) is 14.6. The molecule has 2 fully saturated rings. The summed E-state index contributed by atoms with van der Waals surface area (Å²) in [6, 6.07) is 8.56. The third-order valence-electron chi connectivity index (χ3n) is 5.15. The third kappa shape index (κ3) is 4.43. The van der Waals surface area contributed by atoms with E-state index in [4.69, 9.17) is 0 Å². The number of carbonyl (C=O) groups excluding carboxylic acids is 1. The number of rotatable bonds is 5. The molecule has 7 heteroatoms. The summed E-state index contributed by atoms with van der Waals surface area (Å²) in [7, 11) is 0. The van der Waals surface area contributed by atoms with Gasteiger partial charge in [-0.25, -0.2) is 4.68 Å². The highest BCUT2D eigenvalue weighted by atomic mass is 35.5. The number of halogens is 1. The van der Waals surface area contributed by atoms with Gasteiger partial charge in [0.25, 0.3) is 5.91 Å². The number of piperidine rings is 1. The number of likely N-dealkylation sites (tertiary alicyclic amines) is 1. The molecule has 0 spiro atoms. The predicted octanol–water partition coefficient (Wildman–Crippen LogP) is 2.60. The van der Waals surface area contributed by atoms with Gasteiger partial charge in [-0.15, -0.1) is 17.5 Å². The van der Waals surface area contributed by atoms with Crippen LogP contribution in [-0.4, -0.2) is 51.5 Å². The van der Waals surface area contributed by atoms with Gasteiger partial charge in [0.2, 0.25) is 0 Å². The fourth-order valence-corrected chi connectivity index (χ4v) is 3.36. The summed E-state index contributed by atoms with van der Waals surface area (Å²) in [5.74, 6) is 0.885. The van der Waals surface area contributed by atoms with Crippen LogP contribution in [0, 0.1) is 12.8 Å². The standard InChI is InChI=1S/C19H25N5O.ClH/c1-14-3-2-4-17(11-14)24-13-18(21-22-24)19(25)23-9-7-16(8-10-23)20-12-15-5-6-15;/h2-4,11,13,15-16,20H,5-10,12H2,1H3;1H. The summed E-state index contributed by atoms with van der Waals surface area (Å²) in [6.45, 7) is 4.76. The van der Waals surface area contributed by atoms with E-state index in [2.05, 4.69) is 15.6 Å². The van der Waals surface area contributed by atoms with Crippen LogP contribution in [0.5, 0.6) is 0 Å². The predicted molar refractivity (Wildman–Crippen MR) is 103 cm³/mol. The average molecular weight is 376 g/mol. The first-order chi connectivity index (χ1) is 12.2. The van der Waals surface area contributed by atoms with Gasteiger partial charge >= 0.3 is 0 Å². The van der Waals surface area contributed by atoms with Crippen LogP contribution in [0.25, 0.3) is 5.69 Å². The zero-order valence-corrected chi connectivity index (χ0v) is 15.9. The second-order valence-electron chi connectivity index (χ2n) is 7.31. The summed E-state index contributed by atoms with van der Waals surface area (Å²) >= 11 is 0. The van der Waals surface area contributed by atoms with Crippen LogP contribution in [0.3, 0.4) is 0 Å². The van der Waals surface area contributed by atoms with Crippen molar-refractivity contribution in [2.45, 2.75) is 38.6 Å². The molecule has 1 aliphatic carbocycles. The SMILES string of the molecule is Cc1cccc(-n2cc(C(=O)N3CCC(NCC4CC4)CC3)nn2)c1.Cl. The molecule has 0 unspecified atom stereocenters. The fourth-order valence-electron chi connectivity index (χ4n) is 3.36. The van der Waals surface area contributed by atoms with Crippen molar-refractivity contribution in [1.29, 1.82) is 0 Å². The van der Waals surface area contributed by atoms with E-state index in [0.717, 1.165) is 49.6 Å². The molecule has 1 aromatic heterocycles. The molecular weight excluding hydrogens is 350 g/mol. The van der Waals surface area contributed by atoms with E-state index < -0.39 is 0 Å². The summed E-state index contributed by atoms with van der Waals surface area (Å²) in [5.41, 5.74) is 2.50. The van der Waals surface area contributed by atoms with Crippen LogP contribution in [-0.2, 0) is 0 Å². The molecule has 2 aliphatic rings. The maximum absolute atomic E-state index is 12.7. The van der Waals surface area contributed by atoms with Crippen LogP contribution < -0.4 is 5.32 Å². The van der Waals surface area contributed by atoms with Gasteiger partial charge in [-0.2, -0.15) is 0 Å². The summed E-state index contributed by atoms with van der Waals surface area (Å²) in [6.07, 6.45) is 6.52. The molecule has 0 bridgehead atoms. The highest BCUT2D eigenvalue weighted by Crippen LogP contribution is 2.28. The number of hydrogen-bond acceptors (Lipinski definition) is 4. The summed E-state index contributed by atoms with van der Waals surface area (Å²) in [5, 5.41) is 11.9. The van der Waals surface area contributed by atoms with Crippen molar-refractivity contribution < 1.29 is 4.79 Å². The Kier molecular flexibility index (Phi) is 5.94. The second kappa shape index (κ2) is 8.18. The lowest BCUT2D eigenvalue weighted by molar-refractivity contribution is 0.0699. The smallest absolute Gasteiger partial charge is 0.276 e. The molecule has 2 aromatic rings. The van der Waals surface area contributed by atoms with E-state index in [1.165, 1.54) is 12.8 Å². The van der Waals surface area contributed by atoms with Crippen molar-refractivity contribution in [3.63, 3.8) is 0 Å². The molecule has 1 aliphatic heterocycles. The molecule has 0 atom stereocenters. The van der Waals surface area contributed by atoms with Gasteiger partial charge in [0, 0.05) is 19.1 Å². The lowest BCUT2D eigenvalue weighted by Crippen LogP contribution is -2.45. The van der Waals surface area contributed by atoms with Gasteiger partial charge in [0.1, 0.15) is 0 Å². The van der Waals surface area contributed by atoms with Gasteiger partial charge in [0.05, 0.1) is 11.9 Å². The molecule has 6 nitrogen and oxygen atoms in total. The summed E-state index contributed by atoms with van der Waals surface area (Å²) < 4.78 is 1.67. The lowest BCUT2D eigenvalue weighted by Gasteiger charge is -2.32. The minimum atomic E-state index is -0.0143.